The molecule has 0 aliphatic carbocycles. The van der Waals surface area contributed by atoms with Crippen molar-refractivity contribution in [2.45, 2.75) is 12.5 Å². The van der Waals surface area contributed by atoms with Crippen LogP contribution < -0.4 is 5.32 Å². The fraction of sp³-hybridized carbons (Fsp3) is 0.455. The largest absolute Gasteiger partial charge is 0.313 e. The van der Waals surface area contributed by atoms with Crippen molar-refractivity contribution in [2.24, 2.45) is 0 Å². The molecule has 0 aliphatic heterocycles. The predicted molar refractivity (Wildman–Crippen MR) is 70.2 cm³/mol. The Labute approximate surface area is 109 Å². The summed E-state index contributed by atoms with van der Waals surface area (Å²) in [6.07, 6.45) is 1.62. The first-order chi connectivity index (χ1) is 7.81. The summed E-state index contributed by atoms with van der Waals surface area (Å²) in [5.74, 6) is -0.263. The van der Waals surface area contributed by atoms with Gasteiger partial charge in [0.2, 0.25) is 0 Å². The highest BCUT2D eigenvalue weighted by atomic mass is 79.9. The van der Waals surface area contributed by atoms with Gasteiger partial charge in [0.15, 0.2) is 0 Å². The molecule has 0 saturated heterocycles. The molecule has 1 N–H and O–H groups in total. The minimum Gasteiger partial charge on any atom is -0.313 e. The van der Waals surface area contributed by atoms with E-state index < -0.39 is 9.84 Å². The lowest BCUT2D eigenvalue weighted by Gasteiger charge is -2.16. The van der Waals surface area contributed by atoms with E-state index in [9.17, 15) is 12.8 Å². The van der Waals surface area contributed by atoms with Crippen LogP contribution >= 0.6 is 15.9 Å². The van der Waals surface area contributed by atoms with Crippen LogP contribution in [0.5, 0.6) is 0 Å². The topological polar surface area (TPSA) is 46.2 Å². The second-order valence-corrected chi connectivity index (χ2v) is 7.14. The summed E-state index contributed by atoms with van der Waals surface area (Å²) in [7, 11) is -1.28. The van der Waals surface area contributed by atoms with Gasteiger partial charge in [0, 0.05) is 16.8 Å². The predicted octanol–water partition coefficient (Wildman–Crippen LogP) is 2.28. The van der Waals surface area contributed by atoms with E-state index in [1.54, 1.807) is 13.1 Å². The van der Waals surface area contributed by atoms with E-state index in [0.717, 1.165) is 5.56 Å². The van der Waals surface area contributed by atoms with Crippen LogP contribution in [-0.2, 0) is 9.84 Å². The second-order valence-electron chi connectivity index (χ2n) is 3.96. The zero-order valence-corrected chi connectivity index (χ0v) is 12.1. The van der Waals surface area contributed by atoms with Gasteiger partial charge in [0.25, 0.3) is 0 Å². The maximum atomic E-state index is 13.2. The molecule has 0 fully saturated rings. The van der Waals surface area contributed by atoms with Gasteiger partial charge in [-0.05, 0) is 37.2 Å². The average molecular weight is 324 g/mol. The molecule has 0 amide bonds. The summed E-state index contributed by atoms with van der Waals surface area (Å²) in [5.41, 5.74) is 0.739. The van der Waals surface area contributed by atoms with Gasteiger partial charge in [0.1, 0.15) is 15.7 Å². The van der Waals surface area contributed by atoms with Crippen molar-refractivity contribution >= 4 is 25.8 Å². The third-order valence-electron chi connectivity index (χ3n) is 2.41. The van der Waals surface area contributed by atoms with E-state index in [-0.39, 0.29) is 17.6 Å². The first-order valence-electron chi connectivity index (χ1n) is 5.13. The zero-order chi connectivity index (χ0) is 13.1. The van der Waals surface area contributed by atoms with Gasteiger partial charge in [0.05, 0.1) is 5.75 Å². The molecule has 0 aliphatic rings. The number of hydrogen-bond acceptors (Lipinski definition) is 3. The summed E-state index contributed by atoms with van der Waals surface area (Å²) < 4.78 is 36.1. The quantitative estimate of drug-likeness (QED) is 0.904. The monoisotopic (exact) mass is 323 g/mol. The number of sulfone groups is 1. The standard InChI is InChI=1S/C11H15BrFNO2S/c1-14-11(3-4-17(2,15)16)8-5-9(12)7-10(13)6-8/h5-7,11,14H,3-4H2,1-2H3. The average Bonchev–Trinajstić information content (AvgIpc) is 2.15. The SMILES string of the molecule is CNC(CCS(C)(=O)=O)c1cc(F)cc(Br)c1. The summed E-state index contributed by atoms with van der Waals surface area (Å²) in [4.78, 5) is 0. The van der Waals surface area contributed by atoms with E-state index in [4.69, 9.17) is 0 Å². The van der Waals surface area contributed by atoms with Crippen molar-refractivity contribution in [2.75, 3.05) is 19.1 Å². The number of nitrogens with one attached hydrogen (secondary N) is 1. The number of halogens is 2. The van der Waals surface area contributed by atoms with E-state index in [1.807, 2.05) is 0 Å². The van der Waals surface area contributed by atoms with Gasteiger partial charge in [-0.3, -0.25) is 0 Å². The molecule has 1 aromatic rings. The summed E-state index contributed by atoms with van der Waals surface area (Å²) in [5, 5.41) is 2.99. The number of rotatable bonds is 5. The van der Waals surface area contributed by atoms with Gasteiger partial charge < -0.3 is 5.32 Å². The Hall–Kier alpha value is -0.460. The molecule has 0 bridgehead atoms. The van der Waals surface area contributed by atoms with Gasteiger partial charge in [-0.1, -0.05) is 15.9 Å². The van der Waals surface area contributed by atoms with Crippen LogP contribution in [0.4, 0.5) is 4.39 Å². The molecule has 0 heterocycles. The highest BCUT2D eigenvalue weighted by molar-refractivity contribution is 9.10. The van der Waals surface area contributed by atoms with E-state index in [1.165, 1.54) is 18.4 Å². The van der Waals surface area contributed by atoms with Gasteiger partial charge in [-0.25, -0.2) is 12.8 Å². The fourth-order valence-corrected chi connectivity index (χ4v) is 2.73. The maximum absolute atomic E-state index is 13.2. The Balaban J connectivity index is 2.86. The van der Waals surface area contributed by atoms with Gasteiger partial charge in [-0.2, -0.15) is 0 Å². The smallest absolute Gasteiger partial charge is 0.147 e. The number of benzene rings is 1. The molecule has 0 saturated carbocycles. The molecule has 1 rings (SSSR count). The van der Waals surface area contributed by atoms with Crippen LogP contribution in [0.2, 0.25) is 0 Å². The molecular weight excluding hydrogens is 309 g/mol. The molecule has 1 atom stereocenters. The molecule has 1 unspecified atom stereocenters. The number of hydrogen-bond donors (Lipinski definition) is 1. The second kappa shape index (κ2) is 5.93. The highest BCUT2D eigenvalue weighted by Crippen LogP contribution is 2.22. The molecule has 0 spiro atoms. The summed E-state index contributed by atoms with van der Waals surface area (Å²) >= 11 is 3.22. The Morgan fingerprint density at radius 2 is 2.06 bits per heavy atom. The summed E-state index contributed by atoms with van der Waals surface area (Å²) in [6, 6.07) is 4.39. The molecular formula is C11H15BrFNO2S. The van der Waals surface area contributed by atoms with Crippen molar-refractivity contribution in [3.8, 4) is 0 Å². The molecule has 17 heavy (non-hydrogen) atoms. The van der Waals surface area contributed by atoms with Crippen LogP contribution in [0.1, 0.15) is 18.0 Å². The van der Waals surface area contributed by atoms with Crippen LogP contribution in [0.25, 0.3) is 0 Å². The van der Waals surface area contributed by atoms with Crippen molar-refractivity contribution in [1.82, 2.24) is 5.32 Å². The lowest BCUT2D eigenvalue weighted by atomic mass is 10.0. The van der Waals surface area contributed by atoms with E-state index in [2.05, 4.69) is 21.2 Å². The first kappa shape index (κ1) is 14.6. The minimum atomic E-state index is -3.00. The molecule has 6 heteroatoms. The molecule has 0 radical (unpaired) electrons. The van der Waals surface area contributed by atoms with Crippen LogP contribution in [-0.4, -0.2) is 27.5 Å². The molecule has 0 aromatic heterocycles. The van der Waals surface area contributed by atoms with Crippen molar-refractivity contribution in [1.29, 1.82) is 0 Å². The third-order valence-corrected chi connectivity index (χ3v) is 3.85. The van der Waals surface area contributed by atoms with Crippen molar-refractivity contribution < 1.29 is 12.8 Å². The molecule has 1 aromatic carbocycles. The Bertz CT molecular complexity index is 470. The Kier molecular flexibility index (Phi) is 5.09. The lowest BCUT2D eigenvalue weighted by molar-refractivity contribution is 0.552. The maximum Gasteiger partial charge on any atom is 0.147 e. The lowest BCUT2D eigenvalue weighted by Crippen LogP contribution is -2.20. The summed E-state index contributed by atoms with van der Waals surface area (Å²) in [6.45, 7) is 0. The van der Waals surface area contributed by atoms with Crippen LogP contribution in [0.3, 0.4) is 0 Å². The van der Waals surface area contributed by atoms with Crippen molar-refractivity contribution in [3.05, 3.63) is 34.1 Å². The highest BCUT2D eigenvalue weighted by Gasteiger charge is 2.14. The van der Waals surface area contributed by atoms with Gasteiger partial charge in [-0.15, -0.1) is 0 Å². The molecule has 96 valence electrons. The van der Waals surface area contributed by atoms with E-state index in [0.29, 0.717) is 10.9 Å². The van der Waals surface area contributed by atoms with Crippen LogP contribution in [0, 0.1) is 5.82 Å². The van der Waals surface area contributed by atoms with Crippen molar-refractivity contribution in [3.63, 3.8) is 0 Å². The Morgan fingerprint density at radius 1 is 1.41 bits per heavy atom. The first-order valence-corrected chi connectivity index (χ1v) is 7.98. The normalized spacial score (nSPS) is 13.6. The van der Waals surface area contributed by atoms with Gasteiger partial charge >= 0.3 is 0 Å². The fourth-order valence-electron chi connectivity index (χ4n) is 1.59. The Morgan fingerprint density at radius 3 is 2.53 bits per heavy atom. The third kappa shape index (κ3) is 5.14. The van der Waals surface area contributed by atoms with E-state index >= 15 is 0 Å². The zero-order valence-electron chi connectivity index (χ0n) is 9.70. The minimum absolute atomic E-state index is 0.0760. The van der Waals surface area contributed by atoms with Crippen LogP contribution in [0.15, 0.2) is 22.7 Å². The molecule has 3 nitrogen and oxygen atoms in total.